The monoisotopic (exact) mass is 277 g/mol. The molecule has 7 nitrogen and oxygen atoms in total. The molecule has 3 N–H and O–H groups in total. The number of nitrogens with one attached hydrogen (secondary N) is 1. The molecule has 2 atom stereocenters. The molecule has 0 spiro atoms. The first-order valence-corrected chi connectivity index (χ1v) is 6.72. The summed E-state index contributed by atoms with van der Waals surface area (Å²) in [5.74, 6) is -2.06. The minimum absolute atomic E-state index is 0.164. The van der Waals surface area contributed by atoms with Gasteiger partial charge in [-0.05, 0) is 25.0 Å². The number of furan rings is 1. The van der Waals surface area contributed by atoms with Crippen molar-refractivity contribution in [1.82, 2.24) is 4.72 Å². The van der Waals surface area contributed by atoms with Crippen LogP contribution in [0.3, 0.4) is 0 Å². The van der Waals surface area contributed by atoms with Gasteiger partial charge in [0.1, 0.15) is 0 Å². The van der Waals surface area contributed by atoms with Crippen molar-refractivity contribution in [2.45, 2.75) is 25.0 Å². The molecule has 8 heteroatoms. The second kappa shape index (κ2) is 5.51. The summed E-state index contributed by atoms with van der Waals surface area (Å²) in [7, 11) is -3.92. The van der Waals surface area contributed by atoms with Gasteiger partial charge in [-0.15, -0.1) is 0 Å². The molecule has 18 heavy (non-hydrogen) atoms. The number of hydrogen-bond donors (Lipinski definition) is 3. The Balaban J connectivity index is 2.89. The lowest BCUT2D eigenvalue weighted by molar-refractivity contribution is 0.0656. The van der Waals surface area contributed by atoms with Gasteiger partial charge in [-0.25, -0.2) is 17.9 Å². The van der Waals surface area contributed by atoms with Gasteiger partial charge in [-0.2, -0.15) is 0 Å². The predicted molar refractivity (Wildman–Crippen MR) is 61.7 cm³/mol. The standard InChI is InChI=1S/C10H15NO6S/c1-6(5-12)7(2)11-18(15,16)9-4-3-8(17-9)10(13)14/h3-4,6-7,11-12H,5H2,1-2H3,(H,13,14). The molecule has 1 aromatic heterocycles. The van der Waals surface area contributed by atoms with Gasteiger partial charge in [0.15, 0.2) is 0 Å². The number of rotatable bonds is 6. The molecular formula is C10H15NO6S. The van der Waals surface area contributed by atoms with E-state index in [0.29, 0.717) is 0 Å². The van der Waals surface area contributed by atoms with Crippen LogP contribution in [0.15, 0.2) is 21.6 Å². The molecule has 0 saturated heterocycles. The highest BCUT2D eigenvalue weighted by Crippen LogP contribution is 2.15. The summed E-state index contributed by atoms with van der Waals surface area (Å²) in [4.78, 5) is 10.6. The van der Waals surface area contributed by atoms with E-state index in [9.17, 15) is 13.2 Å². The number of aliphatic hydroxyl groups excluding tert-OH is 1. The quantitative estimate of drug-likeness (QED) is 0.687. The van der Waals surface area contributed by atoms with Gasteiger partial charge in [0.25, 0.3) is 10.0 Å². The molecule has 0 aromatic carbocycles. The minimum Gasteiger partial charge on any atom is -0.475 e. The maximum absolute atomic E-state index is 11.8. The Hall–Kier alpha value is -1.38. The Kier molecular flexibility index (Phi) is 4.49. The average molecular weight is 277 g/mol. The number of aliphatic hydroxyl groups is 1. The normalized spacial score (nSPS) is 15.3. The van der Waals surface area contributed by atoms with Crippen molar-refractivity contribution in [3.8, 4) is 0 Å². The van der Waals surface area contributed by atoms with E-state index in [1.807, 2.05) is 0 Å². The van der Waals surface area contributed by atoms with E-state index in [1.165, 1.54) is 0 Å². The fourth-order valence-electron chi connectivity index (χ4n) is 1.16. The third-order valence-corrected chi connectivity index (χ3v) is 3.97. The number of carboxylic acids is 1. The summed E-state index contributed by atoms with van der Waals surface area (Å²) in [5, 5.41) is 17.1. The van der Waals surface area contributed by atoms with Crippen LogP contribution in [0.4, 0.5) is 0 Å². The molecule has 0 amide bonds. The molecule has 0 saturated carbocycles. The lowest BCUT2D eigenvalue weighted by atomic mass is 10.1. The van der Waals surface area contributed by atoms with E-state index in [0.717, 1.165) is 12.1 Å². The van der Waals surface area contributed by atoms with E-state index in [1.54, 1.807) is 13.8 Å². The van der Waals surface area contributed by atoms with Crippen molar-refractivity contribution in [2.24, 2.45) is 5.92 Å². The fourth-order valence-corrected chi connectivity index (χ4v) is 2.44. The van der Waals surface area contributed by atoms with Crippen molar-refractivity contribution in [3.05, 3.63) is 17.9 Å². The summed E-state index contributed by atoms with van der Waals surface area (Å²) in [6.07, 6.45) is 0. The van der Waals surface area contributed by atoms with Crippen LogP contribution in [0.5, 0.6) is 0 Å². The van der Waals surface area contributed by atoms with Gasteiger partial charge in [0.2, 0.25) is 10.9 Å². The molecule has 1 aromatic rings. The summed E-state index contributed by atoms with van der Waals surface area (Å²) >= 11 is 0. The smallest absolute Gasteiger partial charge is 0.371 e. The van der Waals surface area contributed by atoms with Crippen molar-refractivity contribution < 1.29 is 27.8 Å². The molecule has 2 unspecified atom stereocenters. The number of carbonyl (C=O) groups is 1. The van der Waals surface area contributed by atoms with E-state index in [4.69, 9.17) is 14.6 Å². The zero-order valence-electron chi connectivity index (χ0n) is 9.95. The minimum atomic E-state index is -3.92. The molecular weight excluding hydrogens is 262 g/mol. The molecule has 0 fully saturated rings. The van der Waals surface area contributed by atoms with Crippen LogP contribution < -0.4 is 4.72 Å². The zero-order valence-corrected chi connectivity index (χ0v) is 10.8. The van der Waals surface area contributed by atoms with Gasteiger partial charge >= 0.3 is 5.97 Å². The summed E-state index contributed by atoms with van der Waals surface area (Å²) in [5.41, 5.74) is 0. The molecule has 0 radical (unpaired) electrons. The molecule has 0 aliphatic rings. The molecule has 1 rings (SSSR count). The van der Waals surface area contributed by atoms with Crippen molar-refractivity contribution >= 4 is 16.0 Å². The SMILES string of the molecule is CC(CO)C(C)NS(=O)(=O)c1ccc(C(=O)O)o1. The Morgan fingerprint density at radius 2 is 2.06 bits per heavy atom. The van der Waals surface area contributed by atoms with Gasteiger partial charge in [-0.1, -0.05) is 6.92 Å². The van der Waals surface area contributed by atoms with Crippen LogP contribution in [0, 0.1) is 5.92 Å². The summed E-state index contributed by atoms with van der Waals surface area (Å²) in [6, 6.07) is 1.64. The van der Waals surface area contributed by atoms with Crippen LogP contribution in [0.25, 0.3) is 0 Å². The van der Waals surface area contributed by atoms with Gasteiger partial charge in [0.05, 0.1) is 0 Å². The largest absolute Gasteiger partial charge is 0.475 e. The van der Waals surface area contributed by atoms with Crippen molar-refractivity contribution in [2.75, 3.05) is 6.61 Å². The van der Waals surface area contributed by atoms with E-state index >= 15 is 0 Å². The topological polar surface area (TPSA) is 117 Å². The van der Waals surface area contributed by atoms with Gasteiger partial charge in [0, 0.05) is 12.6 Å². The van der Waals surface area contributed by atoms with E-state index in [-0.39, 0.29) is 12.5 Å². The Morgan fingerprint density at radius 3 is 2.50 bits per heavy atom. The van der Waals surface area contributed by atoms with Crippen molar-refractivity contribution in [3.63, 3.8) is 0 Å². The molecule has 1 heterocycles. The van der Waals surface area contributed by atoms with E-state index < -0.39 is 32.9 Å². The van der Waals surface area contributed by atoms with Gasteiger partial charge in [-0.3, -0.25) is 0 Å². The third kappa shape index (κ3) is 3.31. The number of hydrogen-bond acceptors (Lipinski definition) is 5. The molecule has 102 valence electrons. The maximum Gasteiger partial charge on any atom is 0.371 e. The first kappa shape index (κ1) is 14.7. The lowest BCUT2D eigenvalue weighted by Gasteiger charge is -2.18. The van der Waals surface area contributed by atoms with Crippen LogP contribution in [0.2, 0.25) is 0 Å². The molecule has 0 aliphatic heterocycles. The maximum atomic E-state index is 11.8. The number of sulfonamides is 1. The van der Waals surface area contributed by atoms with Crippen LogP contribution in [-0.4, -0.2) is 37.2 Å². The summed E-state index contributed by atoms with van der Waals surface area (Å²) < 4.78 is 30.7. The van der Waals surface area contributed by atoms with Crippen LogP contribution in [-0.2, 0) is 10.0 Å². The second-order valence-electron chi connectivity index (χ2n) is 3.99. The molecule has 0 aliphatic carbocycles. The van der Waals surface area contributed by atoms with E-state index in [2.05, 4.69) is 4.72 Å². The van der Waals surface area contributed by atoms with Crippen molar-refractivity contribution in [1.29, 1.82) is 0 Å². The van der Waals surface area contributed by atoms with Crippen LogP contribution >= 0.6 is 0 Å². The second-order valence-corrected chi connectivity index (χ2v) is 5.64. The Bertz CT molecular complexity index is 520. The summed E-state index contributed by atoms with van der Waals surface area (Å²) in [6.45, 7) is 3.11. The molecule has 0 bridgehead atoms. The average Bonchev–Trinajstić information content (AvgIpc) is 2.77. The Morgan fingerprint density at radius 1 is 1.44 bits per heavy atom. The number of aromatic carboxylic acids is 1. The fraction of sp³-hybridized carbons (Fsp3) is 0.500. The predicted octanol–water partition coefficient (Wildman–Crippen LogP) is 0.273. The van der Waals surface area contributed by atoms with Gasteiger partial charge < -0.3 is 14.6 Å². The Labute approximate surface area is 104 Å². The third-order valence-electron chi connectivity index (χ3n) is 2.54. The highest BCUT2D eigenvalue weighted by molar-refractivity contribution is 7.89. The zero-order chi connectivity index (χ0) is 13.9. The lowest BCUT2D eigenvalue weighted by Crippen LogP contribution is -2.38. The highest BCUT2D eigenvalue weighted by Gasteiger charge is 2.24. The first-order chi connectivity index (χ1) is 8.27. The highest BCUT2D eigenvalue weighted by atomic mass is 32.2. The van der Waals surface area contributed by atoms with Crippen LogP contribution in [0.1, 0.15) is 24.4 Å². The number of carboxylic acid groups (broad SMARTS) is 1. The first-order valence-electron chi connectivity index (χ1n) is 5.24.